The third-order valence-corrected chi connectivity index (χ3v) is 2.98. The summed E-state index contributed by atoms with van der Waals surface area (Å²) in [5, 5.41) is 1.17. The second-order valence-corrected chi connectivity index (χ2v) is 4.30. The molecule has 3 heteroatoms. The van der Waals surface area contributed by atoms with Crippen molar-refractivity contribution in [3.05, 3.63) is 36.4 Å². The number of aromatic nitrogens is 1. The van der Waals surface area contributed by atoms with Crippen molar-refractivity contribution in [2.75, 3.05) is 0 Å². The quantitative estimate of drug-likeness (QED) is 0.789. The molecule has 0 N–H and O–H groups in total. The number of halogens is 1. The zero-order valence-corrected chi connectivity index (χ0v) is 10.1. The van der Waals surface area contributed by atoms with Crippen LogP contribution in [-0.4, -0.2) is 10.00 Å². The monoisotopic (exact) mass is 265 g/mol. The van der Waals surface area contributed by atoms with Gasteiger partial charge in [0.25, 0.3) is 0 Å². The summed E-state index contributed by atoms with van der Waals surface area (Å²) >= 11 is 3.42. The first-order valence-electron chi connectivity index (χ1n) is 4.96. The van der Waals surface area contributed by atoms with Gasteiger partial charge in [-0.25, -0.2) is 4.98 Å². The van der Waals surface area contributed by atoms with E-state index >= 15 is 0 Å². The average Bonchev–Trinajstić information content (AvgIpc) is 2.29. The van der Waals surface area contributed by atoms with E-state index in [4.69, 9.17) is 4.74 Å². The number of hydrogen-bond donors (Lipinski definition) is 0. The first kappa shape index (κ1) is 10.4. The zero-order valence-electron chi connectivity index (χ0n) is 8.48. The normalized spacial score (nSPS) is 12.7. The second kappa shape index (κ2) is 4.62. The molecule has 1 aromatic carbocycles. The minimum atomic E-state index is 0.0335. The first-order valence-corrected chi connectivity index (χ1v) is 5.87. The summed E-state index contributed by atoms with van der Waals surface area (Å²) in [6.45, 7) is 2.06. The number of rotatable bonds is 3. The van der Waals surface area contributed by atoms with E-state index in [-0.39, 0.29) is 5.01 Å². The number of benzene rings is 1. The predicted octanol–water partition coefficient (Wildman–Crippen LogP) is 3.74. The summed E-state index contributed by atoms with van der Waals surface area (Å²) in [6, 6.07) is 11.9. The lowest BCUT2D eigenvalue weighted by atomic mass is 10.2. The highest BCUT2D eigenvalue weighted by Crippen LogP contribution is 2.18. The molecule has 15 heavy (non-hydrogen) atoms. The fourth-order valence-electron chi connectivity index (χ4n) is 1.33. The van der Waals surface area contributed by atoms with Crippen LogP contribution in [0.4, 0.5) is 0 Å². The van der Waals surface area contributed by atoms with Gasteiger partial charge in [-0.1, -0.05) is 25.1 Å². The fourth-order valence-corrected chi connectivity index (χ4v) is 1.52. The molecule has 0 fully saturated rings. The molecule has 1 unspecified atom stereocenters. The Morgan fingerprint density at radius 2 is 2.07 bits per heavy atom. The maximum Gasteiger partial charge on any atom is 0.214 e. The van der Waals surface area contributed by atoms with E-state index in [0.717, 1.165) is 17.3 Å². The molecular weight excluding hydrogens is 254 g/mol. The van der Waals surface area contributed by atoms with E-state index in [9.17, 15) is 0 Å². The van der Waals surface area contributed by atoms with Crippen LogP contribution in [0.5, 0.6) is 5.88 Å². The van der Waals surface area contributed by atoms with Gasteiger partial charge in [0.1, 0.15) is 0 Å². The van der Waals surface area contributed by atoms with Gasteiger partial charge in [-0.2, -0.15) is 0 Å². The maximum absolute atomic E-state index is 5.58. The molecule has 0 aliphatic carbocycles. The van der Waals surface area contributed by atoms with Crippen LogP contribution >= 0.6 is 15.9 Å². The highest BCUT2D eigenvalue weighted by molar-refractivity contribution is 9.09. The smallest absolute Gasteiger partial charge is 0.214 e. The number of hydrogen-bond acceptors (Lipinski definition) is 2. The summed E-state index contributed by atoms with van der Waals surface area (Å²) in [6.07, 6.45) is 0.911. The molecule has 2 aromatic rings. The Hall–Kier alpha value is -1.09. The van der Waals surface area contributed by atoms with Gasteiger partial charge in [-0.3, -0.25) is 0 Å². The molecule has 0 saturated carbocycles. The van der Waals surface area contributed by atoms with Crippen LogP contribution in [0, 0.1) is 0 Å². The van der Waals surface area contributed by atoms with E-state index in [2.05, 4.69) is 27.8 Å². The third-order valence-electron chi connectivity index (χ3n) is 2.14. The molecule has 1 heterocycles. The molecule has 0 aliphatic heterocycles. The van der Waals surface area contributed by atoms with Crippen molar-refractivity contribution in [1.82, 2.24) is 4.98 Å². The Bertz CT molecular complexity index is 458. The van der Waals surface area contributed by atoms with Gasteiger partial charge in [0, 0.05) is 11.5 Å². The van der Waals surface area contributed by atoms with Gasteiger partial charge in [0.2, 0.25) is 5.88 Å². The lowest BCUT2D eigenvalue weighted by Crippen LogP contribution is -2.06. The molecule has 1 atom stereocenters. The molecule has 0 amide bonds. The predicted molar refractivity (Wildman–Crippen MR) is 65.4 cm³/mol. The number of nitrogens with zero attached hydrogens (tertiary/aromatic N) is 1. The Morgan fingerprint density at radius 3 is 2.87 bits per heavy atom. The molecule has 0 aliphatic rings. The van der Waals surface area contributed by atoms with Crippen LogP contribution < -0.4 is 4.74 Å². The first-order chi connectivity index (χ1) is 7.29. The summed E-state index contributed by atoms with van der Waals surface area (Å²) in [4.78, 5) is 4.41. The SMILES string of the molecule is CCC(Br)Oc1ccc2ccccc2n1. The Labute approximate surface area is 97.4 Å². The van der Waals surface area contributed by atoms with Crippen molar-refractivity contribution in [2.45, 2.75) is 18.4 Å². The van der Waals surface area contributed by atoms with E-state index < -0.39 is 0 Å². The van der Waals surface area contributed by atoms with Crippen molar-refractivity contribution >= 4 is 26.8 Å². The van der Waals surface area contributed by atoms with Crippen molar-refractivity contribution in [3.63, 3.8) is 0 Å². The fraction of sp³-hybridized carbons (Fsp3) is 0.250. The summed E-state index contributed by atoms with van der Waals surface area (Å²) in [7, 11) is 0. The van der Waals surface area contributed by atoms with Crippen LogP contribution in [0.15, 0.2) is 36.4 Å². The number of pyridine rings is 1. The highest BCUT2D eigenvalue weighted by Gasteiger charge is 2.04. The Balaban J connectivity index is 2.30. The minimum absolute atomic E-state index is 0.0335. The number of ether oxygens (including phenoxy) is 1. The molecule has 0 radical (unpaired) electrons. The number of alkyl halides is 1. The second-order valence-electron chi connectivity index (χ2n) is 3.28. The van der Waals surface area contributed by atoms with Gasteiger partial charge in [-0.15, -0.1) is 0 Å². The minimum Gasteiger partial charge on any atom is -0.463 e. The number of fused-ring (bicyclic) bond motifs is 1. The maximum atomic E-state index is 5.58. The van der Waals surface area contributed by atoms with Gasteiger partial charge in [-0.05, 0) is 34.5 Å². The standard InChI is InChI=1S/C12H12BrNO/c1-2-11(13)15-12-8-7-9-5-3-4-6-10(9)14-12/h3-8,11H,2H2,1H3. The molecule has 2 nitrogen and oxygen atoms in total. The average molecular weight is 266 g/mol. The summed E-state index contributed by atoms with van der Waals surface area (Å²) < 4.78 is 5.58. The molecule has 78 valence electrons. The molecule has 0 saturated heterocycles. The van der Waals surface area contributed by atoms with E-state index in [1.54, 1.807) is 0 Å². The Kier molecular flexibility index (Phi) is 3.21. The van der Waals surface area contributed by atoms with E-state index in [0.29, 0.717) is 5.88 Å². The number of para-hydroxylation sites is 1. The summed E-state index contributed by atoms with van der Waals surface area (Å²) in [5.41, 5.74) is 0.964. The molecular formula is C12H12BrNO. The largest absolute Gasteiger partial charge is 0.463 e. The lowest BCUT2D eigenvalue weighted by molar-refractivity contribution is 0.280. The van der Waals surface area contributed by atoms with Crippen LogP contribution in [0.1, 0.15) is 13.3 Å². The van der Waals surface area contributed by atoms with E-state index in [1.807, 2.05) is 36.4 Å². The van der Waals surface area contributed by atoms with Crippen molar-refractivity contribution in [2.24, 2.45) is 0 Å². The topological polar surface area (TPSA) is 22.1 Å². The van der Waals surface area contributed by atoms with Crippen molar-refractivity contribution < 1.29 is 4.74 Å². The van der Waals surface area contributed by atoms with Gasteiger partial charge >= 0.3 is 0 Å². The molecule has 2 rings (SSSR count). The molecule has 1 aromatic heterocycles. The molecule has 0 bridgehead atoms. The van der Waals surface area contributed by atoms with Gasteiger partial charge in [0.15, 0.2) is 5.01 Å². The molecule has 0 spiro atoms. The van der Waals surface area contributed by atoms with Crippen LogP contribution in [0.3, 0.4) is 0 Å². The van der Waals surface area contributed by atoms with Crippen LogP contribution in [-0.2, 0) is 0 Å². The van der Waals surface area contributed by atoms with Crippen molar-refractivity contribution in [1.29, 1.82) is 0 Å². The van der Waals surface area contributed by atoms with E-state index in [1.165, 1.54) is 0 Å². The van der Waals surface area contributed by atoms with Gasteiger partial charge < -0.3 is 4.74 Å². The Morgan fingerprint density at radius 1 is 1.27 bits per heavy atom. The summed E-state index contributed by atoms with van der Waals surface area (Å²) in [5.74, 6) is 0.664. The van der Waals surface area contributed by atoms with Crippen LogP contribution in [0.25, 0.3) is 10.9 Å². The van der Waals surface area contributed by atoms with Crippen LogP contribution in [0.2, 0.25) is 0 Å². The highest BCUT2D eigenvalue weighted by atomic mass is 79.9. The third kappa shape index (κ3) is 2.48. The lowest BCUT2D eigenvalue weighted by Gasteiger charge is -2.10. The van der Waals surface area contributed by atoms with Crippen molar-refractivity contribution in [3.8, 4) is 5.88 Å². The zero-order chi connectivity index (χ0) is 10.7. The van der Waals surface area contributed by atoms with Gasteiger partial charge in [0.05, 0.1) is 5.52 Å².